The molecule has 0 aliphatic rings. The van der Waals surface area contributed by atoms with Crippen molar-refractivity contribution in [3.05, 3.63) is 44.5 Å². The summed E-state index contributed by atoms with van der Waals surface area (Å²) in [4.78, 5) is 39.2. The largest absolute Gasteiger partial charge is 0.692 e. The fourth-order valence-corrected chi connectivity index (χ4v) is 1.77. The van der Waals surface area contributed by atoms with Crippen LogP contribution >= 0.6 is 8.25 Å². The summed E-state index contributed by atoms with van der Waals surface area (Å²) in [5, 5.41) is 0. The number of aromatic nitrogens is 2. The number of hydrogen-bond acceptors (Lipinski definition) is 3. The number of fused-ring (bicyclic) bond motifs is 1. The molecule has 2 aromatic rings. The number of hydrogen-bond donors (Lipinski definition) is 3. The summed E-state index contributed by atoms with van der Waals surface area (Å²) in [5.41, 5.74) is -2.30. The normalized spacial score (nSPS) is 11.0. The van der Waals surface area contributed by atoms with Crippen LogP contribution in [0.25, 0.3) is 11.0 Å². The maximum atomic E-state index is 12.5. The molecule has 120 valence electrons. The lowest BCUT2D eigenvalue weighted by molar-refractivity contribution is -0.137. The van der Waals surface area contributed by atoms with Crippen LogP contribution in [0.2, 0.25) is 0 Å². The number of nitrogens with one attached hydrogen (secondary N) is 1. The van der Waals surface area contributed by atoms with Crippen molar-refractivity contribution in [2.75, 3.05) is 0 Å². The van der Waals surface area contributed by atoms with Crippen LogP contribution in [0, 0.1) is 0 Å². The Labute approximate surface area is 121 Å². The van der Waals surface area contributed by atoms with Gasteiger partial charge in [0.15, 0.2) is 0 Å². The maximum absolute atomic E-state index is 12.5. The van der Waals surface area contributed by atoms with Crippen LogP contribution in [0.3, 0.4) is 0 Å². The van der Waals surface area contributed by atoms with E-state index in [9.17, 15) is 22.8 Å². The van der Waals surface area contributed by atoms with Crippen LogP contribution in [0.4, 0.5) is 13.2 Å². The van der Waals surface area contributed by atoms with E-state index in [4.69, 9.17) is 14.4 Å². The van der Waals surface area contributed by atoms with E-state index in [0.717, 1.165) is 16.7 Å². The molecule has 1 aromatic carbocycles. The lowest BCUT2D eigenvalue weighted by Gasteiger charge is -2.10. The first kappa shape index (κ1) is 18.0. The summed E-state index contributed by atoms with van der Waals surface area (Å²) in [6.07, 6.45) is -4.49. The molecule has 0 bridgehead atoms. The Kier molecular flexibility index (Phi) is 5.59. The standard InChI is InChI=1S/C11H9F3N2O2.HO3P/c1-2-16-8-4-3-6(11(12,13)14)5-7(8)15-9(17)10(16)18;1-4(2)3/h3-5H,2H2,1H3,(H,15,17);(H-,1,2,3)/p+1. The molecule has 2 rings (SSSR count). The van der Waals surface area contributed by atoms with Gasteiger partial charge in [0.05, 0.1) is 16.6 Å². The van der Waals surface area contributed by atoms with Crippen molar-refractivity contribution in [2.24, 2.45) is 0 Å². The second kappa shape index (κ2) is 6.82. The first-order valence-corrected chi connectivity index (χ1v) is 6.93. The molecule has 3 N–H and O–H groups in total. The lowest BCUT2D eigenvalue weighted by Crippen LogP contribution is -2.36. The van der Waals surface area contributed by atoms with Crippen LogP contribution < -0.4 is 11.1 Å². The third-order valence-electron chi connectivity index (χ3n) is 2.62. The number of H-pyrrole nitrogens is 1. The molecule has 0 aliphatic carbocycles. The van der Waals surface area contributed by atoms with E-state index in [1.165, 1.54) is 6.07 Å². The third-order valence-corrected chi connectivity index (χ3v) is 2.62. The molecule has 0 fully saturated rings. The van der Waals surface area contributed by atoms with Gasteiger partial charge in [0.2, 0.25) is 0 Å². The molecule has 1 heterocycles. The Morgan fingerprint density at radius 1 is 1.27 bits per heavy atom. The highest BCUT2D eigenvalue weighted by atomic mass is 31.1. The van der Waals surface area contributed by atoms with Crippen LogP contribution in [-0.4, -0.2) is 19.3 Å². The predicted octanol–water partition coefficient (Wildman–Crippen LogP) is 1.36. The fraction of sp³-hybridized carbons (Fsp3) is 0.273. The minimum Gasteiger partial charge on any atom is -0.316 e. The Morgan fingerprint density at radius 3 is 2.27 bits per heavy atom. The molecule has 0 atom stereocenters. The fourth-order valence-electron chi connectivity index (χ4n) is 1.77. The lowest BCUT2D eigenvalue weighted by atomic mass is 10.2. The van der Waals surface area contributed by atoms with Gasteiger partial charge in [-0.15, -0.1) is 9.79 Å². The monoisotopic (exact) mass is 339 g/mol. The van der Waals surface area contributed by atoms with Crippen LogP contribution in [0.1, 0.15) is 12.5 Å². The summed E-state index contributed by atoms with van der Waals surface area (Å²) in [5.74, 6) is 0. The summed E-state index contributed by atoms with van der Waals surface area (Å²) < 4.78 is 47.4. The van der Waals surface area contributed by atoms with Gasteiger partial charge >= 0.3 is 25.5 Å². The average molecular weight is 339 g/mol. The highest BCUT2D eigenvalue weighted by Crippen LogP contribution is 2.30. The van der Waals surface area contributed by atoms with Gasteiger partial charge in [0.25, 0.3) is 0 Å². The zero-order chi connectivity index (χ0) is 17.1. The van der Waals surface area contributed by atoms with Gasteiger partial charge in [-0.1, -0.05) is 0 Å². The van der Waals surface area contributed by atoms with Gasteiger partial charge in [0, 0.05) is 11.1 Å². The number of benzene rings is 1. The van der Waals surface area contributed by atoms with Crippen molar-refractivity contribution in [1.29, 1.82) is 0 Å². The SMILES string of the molecule is CCn1c(=O)c(=O)[nH]c2cc(C(F)(F)F)ccc21.O=[P+](O)O. The van der Waals surface area contributed by atoms with Gasteiger partial charge in [-0.25, -0.2) is 0 Å². The van der Waals surface area contributed by atoms with Gasteiger partial charge in [-0.2, -0.15) is 13.2 Å². The average Bonchev–Trinajstić information content (AvgIpc) is 2.38. The molecule has 1 aromatic heterocycles. The molecule has 22 heavy (non-hydrogen) atoms. The molecule has 0 saturated carbocycles. The molecular weight excluding hydrogens is 328 g/mol. The van der Waals surface area contributed by atoms with Crippen molar-refractivity contribution < 1.29 is 27.5 Å². The van der Waals surface area contributed by atoms with E-state index in [1.54, 1.807) is 6.92 Å². The minimum atomic E-state index is -4.49. The van der Waals surface area contributed by atoms with Gasteiger partial charge in [0.1, 0.15) is 0 Å². The van der Waals surface area contributed by atoms with Gasteiger partial charge in [-0.05, 0) is 25.1 Å². The van der Waals surface area contributed by atoms with Gasteiger partial charge < -0.3 is 9.55 Å². The number of aryl methyl sites for hydroxylation is 1. The third kappa shape index (κ3) is 4.23. The van der Waals surface area contributed by atoms with Crippen molar-refractivity contribution in [2.45, 2.75) is 19.6 Å². The van der Waals surface area contributed by atoms with Crippen molar-refractivity contribution in [3.8, 4) is 0 Å². The van der Waals surface area contributed by atoms with Crippen molar-refractivity contribution >= 4 is 19.3 Å². The zero-order valence-corrected chi connectivity index (χ0v) is 12.0. The number of halogens is 3. The van der Waals surface area contributed by atoms with Crippen LogP contribution in [0.15, 0.2) is 27.8 Å². The van der Waals surface area contributed by atoms with Gasteiger partial charge in [-0.3, -0.25) is 9.59 Å². The summed E-state index contributed by atoms with van der Waals surface area (Å²) >= 11 is 0. The highest BCUT2D eigenvalue weighted by Gasteiger charge is 2.30. The van der Waals surface area contributed by atoms with E-state index in [-0.39, 0.29) is 17.6 Å². The Hall–Kier alpha value is -2.03. The van der Waals surface area contributed by atoms with E-state index < -0.39 is 31.1 Å². The topological polar surface area (TPSA) is 112 Å². The predicted molar refractivity (Wildman–Crippen MR) is 71.5 cm³/mol. The van der Waals surface area contributed by atoms with Crippen molar-refractivity contribution in [3.63, 3.8) is 0 Å². The molecule has 7 nitrogen and oxygen atoms in total. The highest BCUT2D eigenvalue weighted by molar-refractivity contribution is 7.30. The Balaban J connectivity index is 0.000000541. The Bertz CT molecular complexity index is 808. The van der Waals surface area contributed by atoms with Crippen LogP contribution in [0.5, 0.6) is 0 Å². The Morgan fingerprint density at radius 2 is 1.82 bits per heavy atom. The van der Waals surface area contributed by atoms with E-state index in [1.807, 2.05) is 0 Å². The molecule has 0 spiro atoms. The zero-order valence-electron chi connectivity index (χ0n) is 11.1. The minimum absolute atomic E-state index is 0.00345. The number of rotatable bonds is 1. The smallest absolute Gasteiger partial charge is 0.316 e. The van der Waals surface area contributed by atoms with E-state index in [0.29, 0.717) is 0 Å². The summed E-state index contributed by atoms with van der Waals surface area (Å²) in [6, 6.07) is 2.88. The maximum Gasteiger partial charge on any atom is 0.692 e. The molecule has 0 saturated heterocycles. The molecule has 0 amide bonds. The second-order valence-corrected chi connectivity index (χ2v) is 4.49. The number of nitrogens with zero attached hydrogens (tertiary/aromatic N) is 1. The second-order valence-electron chi connectivity index (χ2n) is 3.99. The molecular formula is C11H11F3N2O5P+. The first-order valence-electron chi connectivity index (χ1n) is 5.77. The molecule has 0 aliphatic heterocycles. The van der Waals surface area contributed by atoms with E-state index >= 15 is 0 Å². The van der Waals surface area contributed by atoms with E-state index in [2.05, 4.69) is 4.98 Å². The molecule has 0 radical (unpaired) electrons. The first-order chi connectivity index (χ1) is 10.1. The number of alkyl halides is 3. The quantitative estimate of drug-likeness (QED) is 0.536. The molecule has 0 unspecified atom stereocenters. The number of aromatic amines is 1. The molecule has 11 heteroatoms. The van der Waals surface area contributed by atoms with Crippen LogP contribution in [-0.2, 0) is 17.3 Å². The summed E-state index contributed by atoms with van der Waals surface area (Å²) in [7, 11) is -2.87. The summed E-state index contributed by atoms with van der Waals surface area (Å²) in [6.45, 7) is 1.85. The van der Waals surface area contributed by atoms with Crippen molar-refractivity contribution in [1.82, 2.24) is 9.55 Å².